The maximum atomic E-state index is 12.3. The third-order valence-corrected chi connectivity index (χ3v) is 3.67. The lowest BCUT2D eigenvalue weighted by Gasteiger charge is -2.24. The molecular weight excluding hydrogens is 248 g/mol. The predicted octanol–water partition coefficient (Wildman–Crippen LogP) is -0.587. The quantitative estimate of drug-likeness (QED) is 0.725. The standard InChI is InChI=1S/C12H14N4O3/c1-14-6-13-10-9(14)11(18)16(12(19)15(10)2)5-7-3-8(17)4-7/h6-7H,3-5H2,1-2H3. The third-order valence-electron chi connectivity index (χ3n) is 3.67. The SMILES string of the molecule is Cn1cnc2c1c(=O)n(CC1CC(=O)C1)c(=O)n2C. The van der Waals surface area contributed by atoms with Crippen molar-refractivity contribution in [2.45, 2.75) is 19.4 Å². The summed E-state index contributed by atoms with van der Waals surface area (Å²) < 4.78 is 4.19. The summed E-state index contributed by atoms with van der Waals surface area (Å²) in [5, 5.41) is 0. The topological polar surface area (TPSA) is 78.9 Å². The number of hydrogen-bond donors (Lipinski definition) is 0. The Kier molecular flexibility index (Phi) is 2.44. The van der Waals surface area contributed by atoms with Gasteiger partial charge >= 0.3 is 5.69 Å². The summed E-state index contributed by atoms with van der Waals surface area (Å²) in [6.45, 7) is 0.304. The van der Waals surface area contributed by atoms with Crippen LogP contribution in [0.5, 0.6) is 0 Å². The van der Waals surface area contributed by atoms with Gasteiger partial charge in [-0.3, -0.25) is 18.7 Å². The summed E-state index contributed by atoms with van der Waals surface area (Å²) >= 11 is 0. The molecule has 3 rings (SSSR count). The molecule has 0 saturated heterocycles. The van der Waals surface area contributed by atoms with Crippen LogP contribution in [0.15, 0.2) is 15.9 Å². The van der Waals surface area contributed by atoms with E-state index in [0.717, 1.165) is 0 Å². The normalized spacial score (nSPS) is 16.0. The van der Waals surface area contributed by atoms with Gasteiger partial charge in [-0.05, 0) is 5.92 Å². The minimum atomic E-state index is -0.379. The van der Waals surface area contributed by atoms with Crippen molar-refractivity contribution in [2.75, 3.05) is 0 Å². The van der Waals surface area contributed by atoms with Crippen molar-refractivity contribution in [1.29, 1.82) is 0 Å². The molecule has 0 aromatic carbocycles. The molecule has 0 radical (unpaired) electrons. The van der Waals surface area contributed by atoms with Crippen molar-refractivity contribution < 1.29 is 4.79 Å². The second-order valence-corrected chi connectivity index (χ2v) is 5.10. The Morgan fingerprint density at radius 2 is 1.95 bits per heavy atom. The molecule has 1 aliphatic rings. The Morgan fingerprint density at radius 3 is 2.58 bits per heavy atom. The molecule has 2 aromatic heterocycles. The lowest BCUT2D eigenvalue weighted by molar-refractivity contribution is -0.127. The van der Waals surface area contributed by atoms with Crippen LogP contribution >= 0.6 is 0 Å². The number of hydrogen-bond acceptors (Lipinski definition) is 4. The summed E-state index contributed by atoms with van der Waals surface area (Å²) in [6.07, 6.45) is 2.43. The number of aryl methyl sites for hydroxylation is 2. The molecule has 7 heteroatoms. The summed E-state index contributed by atoms with van der Waals surface area (Å²) in [7, 11) is 3.32. The van der Waals surface area contributed by atoms with E-state index in [1.807, 2.05) is 0 Å². The summed E-state index contributed by atoms with van der Waals surface area (Å²) in [4.78, 5) is 39.5. The molecule has 1 aliphatic carbocycles. The largest absolute Gasteiger partial charge is 0.332 e. The van der Waals surface area contributed by atoms with Crippen molar-refractivity contribution in [2.24, 2.45) is 20.0 Å². The summed E-state index contributed by atoms with van der Waals surface area (Å²) in [6, 6.07) is 0. The van der Waals surface area contributed by atoms with E-state index in [-0.39, 0.29) is 23.0 Å². The van der Waals surface area contributed by atoms with Gasteiger partial charge in [0.05, 0.1) is 6.33 Å². The highest BCUT2D eigenvalue weighted by Crippen LogP contribution is 2.23. The molecule has 2 heterocycles. The number of nitrogens with zero attached hydrogens (tertiary/aromatic N) is 4. The van der Waals surface area contributed by atoms with Crippen LogP contribution in [0.4, 0.5) is 0 Å². The van der Waals surface area contributed by atoms with Gasteiger partial charge in [0.15, 0.2) is 11.2 Å². The van der Waals surface area contributed by atoms with E-state index in [1.165, 1.54) is 15.5 Å². The molecule has 100 valence electrons. The first-order valence-corrected chi connectivity index (χ1v) is 6.11. The number of aromatic nitrogens is 4. The van der Waals surface area contributed by atoms with Crippen LogP contribution in [-0.2, 0) is 25.4 Å². The number of fused-ring (bicyclic) bond motifs is 1. The molecule has 2 aromatic rings. The Balaban J connectivity index is 2.18. The zero-order valence-corrected chi connectivity index (χ0v) is 10.8. The number of imidazole rings is 1. The first-order valence-electron chi connectivity index (χ1n) is 6.11. The predicted molar refractivity (Wildman–Crippen MR) is 67.9 cm³/mol. The number of rotatable bonds is 2. The maximum absolute atomic E-state index is 12.3. The number of carbonyl (C=O) groups is 1. The Labute approximate surface area is 108 Å². The number of ketones is 1. The van der Waals surface area contributed by atoms with Crippen LogP contribution in [0.1, 0.15) is 12.8 Å². The zero-order valence-electron chi connectivity index (χ0n) is 10.8. The van der Waals surface area contributed by atoms with Crippen molar-refractivity contribution in [3.8, 4) is 0 Å². The monoisotopic (exact) mass is 262 g/mol. The van der Waals surface area contributed by atoms with E-state index in [1.54, 1.807) is 18.7 Å². The Morgan fingerprint density at radius 1 is 1.26 bits per heavy atom. The van der Waals surface area contributed by atoms with Gasteiger partial charge in [-0.2, -0.15) is 0 Å². The highest BCUT2D eigenvalue weighted by Gasteiger charge is 2.28. The van der Waals surface area contributed by atoms with Gasteiger partial charge in [0.25, 0.3) is 5.56 Å². The molecule has 0 spiro atoms. The molecule has 0 bridgehead atoms. The van der Waals surface area contributed by atoms with E-state index in [0.29, 0.717) is 30.6 Å². The van der Waals surface area contributed by atoms with E-state index in [4.69, 9.17) is 0 Å². The Bertz CT molecular complexity index is 788. The molecule has 0 atom stereocenters. The van der Waals surface area contributed by atoms with Gasteiger partial charge in [-0.15, -0.1) is 0 Å². The average molecular weight is 262 g/mol. The van der Waals surface area contributed by atoms with Gasteiger partial charge in [0, 0.05) is 33.5 Å². The van der Waals surface area contributed by atoms with Crippen LogP contribution in [0.25, 0.3) is 11.2 Å². The first-order chi connectivity index (χ1) is 8.99. The van der Waals surface area contributed by atoms with Crippen LogP contribution in [-0.4, -0.2) is 24.5 Å². The van der Waals surface area contributed by atoms with Crippen LogP contribution in [0.2, 0.25) is 0 Å². The first kappa shape index (κ1) is 11.9. The molecule has 1 fully saturated rings. The minimum Gasteiger partial charge on any atom is -0.328 e. The van der Waals surface area contributed by atoms with Crippen LogP contribution in [0.3, 0.4) is 0 Å². The lowest BCUT2D eigenvalue weighted by Crippen LogP contribution is -2.43. The minimum absolute atomic E-state index is 0.101. The molecule has 0 N–H and O–H groups in total. The summed E-state index contributed by atoms with van der Waals surface area (Å²) in [5.41, 5.74) is 0.0826. The van der Waals surface area contributed by atoms with Gasteiger partial charge in [0.2, 0.25) is 0 Å². The van der Waals surface area contributed by atoms with Crippen LogP contribution < -0.4 is 11.2 Å². The van der Waals surface area contributed by atoms with E-state index in [9.17, 15) is 14.4 Å². The Hall–Kier alpha value is -2.18. The molecule has 0 unspecified atom stereocenters. The van der Waals surface area contributed by atoms with Crippen molar-refractivity contribution in [1.82, 2.24) is 18.7 Å². The van der Waals surface area contributed by atoms with E-state index < -0.39 is 0 Å². The van der Waals surface area contributed by atoms with Gasteiger partial charge in [-0.1, -0.05) is 0 Å². The molecule has 7 nitrogen and oxygen atoms in total. The average Bonchev–Trinajstić information content (AvgIpc) is 2.71. The van der Waals surface area contributed by atoms with Crippen molar-refractivity contribution in [3.63, 3.8) is 0 Å². The fourth-order valence-corrected chi connectivity index (χ4v) is 2.53. The number of Topliss-reactive ketones (excluding diaryl/α,β-unsaturated/α-hetero) is 1. The fraction of sp³-hybridized carbons (Fsp3) is 0.500. The van der Waals surface area contributed by atoms with Gasteiger partial charge < -0.3 is 4.57 Å². The molecule has 0 amide bonds. The number of carbonyl (C=O) groups excluding carboxylic acids is 1. The molecule has 19 heavy (non-hydrogen) atoms. The summed E-state index contributed by atoms with van der Waals surface area (Å²) in [5.74, 6) is 0.292. The second kappa shape index (κ2) is 3.91. The van der Waals surface area contributed by atoms with Gasteiger partial charge in [0.1, 0.15) is 5.78 Å². The van der Waals surface area contributed by atoms with E-state index in [2.05, 4.69) is 4.98 Å². The van der Waals surface area contributed by atoms with Crippen molar-refractivity contribution in [3.05, 3.63) is 27.2 Å². The molecule has 1 saturated carbocycles. The molecule has 0 aliphatic heterocycles. The fourth-order valence-electron chi connectivity index (χ4n) is 2.53. The lowest BCUT2D eigenvalue weighted by atomic mass is 9.84. The zero-order chi connectivity index (χ0) is 13.7. The highest BCUT2D eigenvalue weighted by atomic mass is 16.2. The molecular formula is C12H14N4O3. The smallest absolute Gasteiger partial charge is 0.328 e. The highest BCUT2D eigenvalue weighted by molar-refractivity contribution is 5.84. The van der Waals surface area contributed by atoms with E-state index >= 15 is 0 Å². The maximum Gasteiger partial charge on any atom is 0.332 e. The third kappa shape index (κ3) is 1.65. The van der Waals surface area contributed by atoms with Crippen LogP contribution in [0, 0.1) is 5.92 Å². The second-order valence-electron chi connectivity index (χ2n) is 5.10. The van der Waals surface area contributed by atoms with Crippen molar-refractivity contribution >= 4 is 16.9 Å². The van der Waals surface area contributed by atoms with Gasteiger partial charge in [-0.25, -0.2) is 9.78 Å².